The van der Waals surface area contributed by atoms with E-state index >= 15 is 0 Å². The van der Waals surface area contributed by atoms with Crippen LogP contribution in [0.25, 0.3) is 0 Å². The first-order valence-corrected chi connectivity index (χ1v) is 8.88. The minimum Gasteiger partial charge on any atom is -0.305 e. The molecule has 3 nitrogen and oxygen atoms in total. The third-order valence-electron chi connectivity index (χ3n) is 4.31. The first-order chi connectivity index (χ1) is 9.60. The smallest absolute Gasteiger partial charge is 0.110 e. The second-order valence-electron chi connectivity index (χ2n) is 6.21. The van der Waals surface area contributed by atoms with Crippen molar-refractivity contribution < 1.29 is 0 Å². The molecule has 3 unspecified atom stereocenters. The molecule has 1 aromatic heterocycles. The molecule has 1 saturated heterocycles. The van der Waals surface area contributed by atoms with Gasteiger partial charge in [-0.1, -0.05) is 6.92 Å². The predicted octanol–water partition coefficient (Wildman–Crippen LogP) is 3.61. The Balaban J connectivity index is 1.85. The topological polar surface area (TPSA) is 28.2 Å². The summed E-state index contributed by atoms with van der Waals surface area (Å²) in [6, 6.07) is 0.930. The third-order valence-corrected chi connectivity index (χ3v) is 5.45. The lowest BCUT2D eigenvalue weighted by Crippen LogP contribution is -2.45. The van der Waals surface area contributed by atoms with Crippen molar-refractivity contribution >= 4 is 11.3 Å². The fourth-order valence-electron chi connectivity index (χ4n) is 3.19. The minimum absolute atomic E-state index is 0.366. The molecule has 0 radical (unpaired) electrons. The Morgan fingerprint density at radius 1 is 1.50 bits per heavy atom. The molecule has 0 bridgehead atoms. The van der Waals surface area contributed by atoms with E-state index in [2.05, 4.69) is 48.3 Å². The molecule has 0 aromatic carbocycles. The van der Waals surface area contributed by atoms with Gasteiger partial charge in [0.2, 0.25) is 0 Å². The van der Waals surface area contributed by atoms with Crippen molar-refractivity contribution in [2.24, 2.45) is 5.92 Å². The van der Waals surface area contributed by atoms with Crippen LogP contribution in [0, 0.1) is 12.8 Å². The van der Waals surface area contributed by atoms with Crippen LogP contribution < -0.4 is 5.32 Å². The predicted molar refractivity (Wildman–Crippen MR) is 87.3 cm³/mol. The molecule has 1 aliphatic rings. The van der Waals surface area contributed by atoms with Gasteiger partial charge >= 0.3 is 0 Å². The lowest BCUT2D eigenvalue weighted by atomic mass is 9.91. The summed E-state index contributed by atoms with van der Waals surface area (Å²) in [6.07, 6.45) is 3.97. The molecule has 1 aromatic rings. The van der Waals surface area contributed by atoms with Crippen LogP contribution in [0.2, 0.25) is 0 Å². The van der Waals surface area contributed by atoms with Crippen molar-refractivity contribution in [3.05, 3.63) is 16.1 Å². The summed E-state index contributed by atoms with van der Waals surface area (Å²) in [5.41, 5.74) is 1.14. The van der Waals surface area contributed by atoms with Crippen LogP contribution in [-0.4, -0.2) is 35.6 Å². The van der Waals surface area contributed by atoms with Crippen LogP contribution in [-0.2, 0) is 0 Å². The van der Waals surface area contributed by atoms with Crippen LogP contribution in [0.3, 0.4) is 0 Å². The highest BCUT2D eigenvalue weighted by molar-refractivity contribution is 7.09. The van der Waals surface area contributed by atoms with Gasteiger partial charge in [0.25, 0.3) is 0 Å². The van der Waals surface area contributed by atoms with Crippen molar-refractivity contribution in [3.8, 4) is 0 Å². The summed E-state index contributed by atoms with van der Waals surface area (Å²) in [6.45, 7) is 12.7. The molecular formula is C16H29N3S. The molecule has 1 N–H and O–H groups in total. The van der Waals surface area contributed by atoms with Crippen molar-refractivity contribution in [1.29, 1.82) is 0 Å². The van der Waals surface area contributed by atoms with Crippen LogP contribution in [0.15, 0.2) is 5.38 Å². The Labute approximate surface area is 127 Å². The number of aromatic nitrogens is 1. The van der Waals surface area contributed by atoms with Gasteiger partial charge in [-0.05, 0) is 59.0 Å². The summed E-state index contributed by atoms with van der Waals surface area (Å²) in [4.78, 5) is 7.23. The van der Waals surface area contributed by atoms with Gasteiger partial charge in [-0.2, -0.15) is 0 Å². The molecule has 3 atom stereocenters. The van der Waals surface area contributed by atoms with E-state index in [1.165, 1.54) is 43.9 Å². The number of hydrogen-bond acceptors (Lipinski definition) is 4. The largest absolute Gasteiger partial charge is 0.305 e. The van der Waals surface area contributed by atoms with E-state index in [4.69, 9.17) is 0 Å². The van der Waals surface area contributed by atoms with Crippen molar-refractivity contribution in [1.82, 2.24) is 15.2 Å². The zero-order chi connectivity index (χ0) is 14.5. The number of hydrogen-bond donors (Lipinski definition) is 1. The summed E-state index contributed by atoms with van der Waals surface area (Å²) in [7, 11) is 0. The molecular weight excluding hydrogens is 266 g/mol. The SMILES string of the molecule is CCCN1CCCC(C(C)NC(C)c2nc(C)cs2)C1. The lowest BCUT2D eigenvalue weighted by molar-refractivity contribution is 0.147. The Morgan fingerprint density at radius 2 is 2.30 bits per heavy atom. The lowest BCUT2D eigenvalue weighted by Gasteiger charge is -2.36. The highest BCUT2D eigenvalue weighted by Gasteiger charge is 2.25. The van der Waals surface area contributed by atoms with Crippen molar-refractivity contribution in [2.45, 2.75) is 59.0 Å². The second-order valence-corrected chi connectivity index (χ2v) is 7.10. The molecule has 0 spiro atoms. The number of rotatable bonds is 6. The normalized spacial score (nSPS) is 23.7. The van der Waals surface area contributed by atoms with E-state index in [0.717, 1.165) is 11.6 Å². The first kappa shape index (κ1) is 15.9. The van der Waals surface area contributed by atoms with Crippen LogP contribution >= 0.6 is 11.3 Å². The van der Waals surface area contributed by atoms with Gasteiger partial charge in [0.05, 0.1) is 6.04 Å². The number of nitrogens with one attached hydrogen (secondary N) is 1. The van der Waals surface area contributed by atoms with E-state index in [1.54, 1.807) is 11.3 Å². The molecule has 2 rings (SSSR count). The molecule has 0 aliphatic carbocycles. The van der Waals surface area contributed by atoms with Gasteiger partial charge in [-0.15, -0.1) is 11.3 Å². The van der Waals surface area contributed by atoms with Crippen LogP contribution in [0.5, 0.6) is 0 Å². The molecule has 20 heavy (non-hydrogen) atoms. The van der Waals surface area contributed by atoms with E-state index in [9.17, 15) is 0 Å². The second kappa shape index (κ2) is 7.53. The average molecular weight is 295 g/mol. The molecule has 1 aliphatic heterocycles. The monoisotopic (exact) mass is 295 g/mol. The van der Waals surface area contributed by atoms with E-state index in [-0.39, 0.29) is 0 Å². The summed E-state index contributed by atoms with van der Waals surface area (Å²) < 4.78 is 0. The number of nitrogens with zero attached hydrogens (tertiary/aromatic N) is 2. The van der Waals surface area contributed by atoms with Crippen LogP contribution in [0.4, 0.5) is 0 Å². The fraction of sp³-hybridized carbons (Fsp3) is 0.812. The summed E-state index contributed by atoms with van der Waals surface area (Å²) in [5.74, 6) is 0.777. The maximum Gasteiger partial charge on any atom is 0.110 e. The van der Waals surface area contributed by atoms with Crippen molar-refractivity contribution in [2.75, 3.05) is 19.6 Å². The zero-order valence-corrected chi connectivity index (χ0v) is 14.2. The van der Waals surface area contributed by atoms with Gasteiger partial charge in [0, 0.05) is 23.7 Å². The molecule has 0 amide bonds. The molecule has 4 heteroatoms. The van der Waals surface area contributed by atoms with Gasteiger partial charge < -0.3 is 10.2 Å². The maximum atomic E-state index is 4.60. The molecule has 1 fully saturated rings. The Morgan fingerprint density at radius 3 is 2.95 bits per heavy atom. The summed E-state index contributed by atoms with van der Waals surface area (Å²) >= 11 is 1.77. The van der Waals surface area contributed by atoms with Gasteiger partial charge in [0.15, 0.2) is 0 Å². The number of likely N-dealkylation sites (tertiary alicyclic amines) is 1. The molecule has 114 valence electrons. The van der Waals surface area contributed by atoms with Gasteiger partial charge in [0.1, 0.15) is 5.01 Å². The molecule has 2 heterocycles. The minimum atomic E-state index is 0.366. The number of piperidine rings is 1. The van der Waals surface area contributed by atoms with Crippen molar-refractivity contribution in [3.63, 3.8) is 0 Å². The third kappa shape index (κ3) is 4.27. The van der Waals surface area contributed by atoms with E-state index in [0.29, 0.717) is 12.1 Å². The molecule has 0 saturated carbocycles. The number of aryl methyl sites for hydroxylation is 1. The first-order valence-electron chi connectivity index (χ1n) is 8.00. The highest BCUT2D eigenvalue weighted by atomic mass is 32.1. The van der Waals surface area contributed by atoms with E-state index in [1.807, 2.05) is 0 Å². The maximum absolute atomic E-state index is 4.60. The zero-order valence-electron chi connectivity index (χ0n) is 13.4. The Hall–Kier alpha value is -0.450. The van der Waals surface area contributed by atoms with E-state index < -0.39 is 0 Å². The van der Waals surface area contributed by atoms with Crippen LogP contribution in [0.1, 0.15) is 56.8 Å². The van der Waals surface area contributed by atoms with Gasteiger partial charge in [-0.3, -0.25) is 0 Å². The fourth-order valence-corrected chi connectivity index (χ4v) is 4.00. The highest BCUT2D eigenvalue weighted by Crippen LogP contribution is 2.23. The average Bonchev–Trinajstić information content (AvgIpc) is 2.86. The van der Waals surface area contributed by atoms with Gasteiger partial charge in [-0.25, -0.2) is 4.98 Å². The summed E-state index contributed by atoms with van der Waals surface area (Å²) in [5, 5.41) is 7.12. The number of thiazole rings is 1. The Bertz CT molecular complexity index is 402. The quantitative estimate of drug-likeness (QED) is 0.869. The Kier molecular flexibility index (Phi) is 6.00. The standard InChI is InChI=1S/C16H29N3S/c1-5-8-19-9-6-7-15(10-19)13(3)18-14(4)16-17-12(2)11-20-16/h11,13-15,18H,5-10H2,1-4H3.